The van der Waals surface area contributed by atoms with Crippen LogP contribution in [-0.2, 0) is 5.41 Å². The summed E-state index contributed by atoms with van der Waals surface area (Å²) in [6.45, 7) is 8.93. The highest BCUT2D eigenvalue weighted by molar-refractivity contribution is 5.74. The zero-order valence-corrected chi connectivity index (χ0v) is 12.0. The van der Waals surface area contributed by atoms with Crippen LogP contribution in [0.2, 0.25) is 0 Å². The summed E-state index contributed by atoms with van der Waals surface area (Å²) >= 11 is 0. The van der Waals surface area contributed by atoms with Crippen LogP contribution in [0.5, 0.6) is 0 Å². The molecule has 0 aliphatic rings. The predicted octanol–water partition coefficient (Wildman–Crippen LogP) is 3.01. The van der Waals surface area contributed by atoms with E-state index in [0.29, 0.717) is 6.54 Å². The predicted molar refractivity (Wildman–Crippen MR) is 75.8 cm³/mol. The Morgan fingerprint density at radius 3 is 2.33 bits per heavy atom. The molecule has 18 heavy (non-hydrogen) atoms. The van der Waals surface area contributed by atoms with E-state index in [-0.39, 0.29) is 17.5 Å². The van der Waals surface area contributed by atoms with Crippen molar-refractivity contribution in [3.63, 3.8) is 0 Å². The molecule has 100 valence electrons. The van der Waals surface area contributed by atoms with Gasteiger partial charge in [-0.1, -0.05) is 44.2 Å². The normalized spacial score (nSPS) is 11.4. The maximum absolute atomic E-state index is 11.9. The fourth-order valence-electron chi connectivity index (χ4n) is 2.00. The number of hydrogen-bond donors (Lipinski definition) is 1. The van der Waals surface area contributed by atoms with E-state index < -0.39 is 0 Å². The molecule has 0 unspecified atom stereocenters. The van der Waals surface area contributed by atoms with Gasteiger partial charge in [0, 0.05) is 25.0 Å². The summed E-state index contributed by atoms with van der Waals surface area (Å²) in [6.07, 6.45) is 0. The molecule has 0 aliphatic carbocycles. The first-order valence-electron chi connectivity index (χ1n) is 6.40. The number of carbonyl (C=O) groups is 1. The number of nitrogens with one attached hydrogen (secondary N) is 1. The van der Waals surface area contributed by atoms with Gasteiger partial charge < -0.3 is 10.2 Å². The van der Waals surface area contributed by atoms with Crippen molar-refractivity contribution < 1.29 is 4.79 Å². The number of amides is 2. The molecule has 0 spiro atoms. The summed E-state index contributed by atoms with van der Waals surface area (Å²) in [5.74, 6) is 0. The van der Waals surface area contributed by atoms with E-state index in [9.17, 15) is 4.79 Å². The molecular formula is C15H24N2O. The fourth-order valence-corrected chi connectivity index (χ4v) is 2.00. The second-order valence-electron chi connectivity index (χ2n) is 5.71. The van der Waals surface area contributed by atoms with Crippen LogP contribution < -0.4 is 5.32 Å². The van der Waals surface area contributed by atoms with Gasteiger partial charge in [-0.15, -0.1) is 0 Å². The van der Waals surface area contributed by atoms with Gasteiger partial charge in [-0.25, -0.2) is 4.79 Å². The highest BCUT2D eigenvalue weighted by Gasteiger charge is 2.24. The Kier molecular flexibility index (Phi) is 4.76. The lowest BCUT2D eigenvalue weighted by Gasteiger charge is -2.31. The minimum atomic E-state index is -0.0513. The van der Waals surface area contributed by atoms with Gasteiger partial charge in [-0.05, 0) is 19.4 Å². The number of hydrogen-bond acceptors (Lipinski definition) is 1. The molecule has 0 aromatic heterocycles. The quantitative estimate of drug-likeness (QED) is 0.872. The standard InChI is InChI=1S/C15H24N2O/c1-12(2)16-14(18)17(5)11-15(3,4)13-9-7-6-8-10-13/h6-10,12H,11H2,1-5H3,(H,16,18). The van der Waals surface area contributed by atoms with Crippen LogP contribution in [0, 0.1) is 0 Å². The summed E-state index contributed by atoms with van der Waals surface area (Å²) in [7, 11) is 1.84. The maximum Gasteiger partial charge on any atom is 0.317 e. The topological polar surface area (TPSA) is 32.3 Å². The third-order valence-electron chi connectivity index (χ3n) is 2.95. The molecule has 0 fully saturated rings. The van der Waals surface area contributed by atoms with Crippen molar-refractivity contribution in [3.8, 4) is 0 Å². The third kappa shape index (κ3) is 4.06. The number of nitrogens with zero attached hydrogens (tertiary/aromatic N) is 1. The largest absolute Gasteiger partial charge is 0.336 e. The molecule has 3 nitrogen and oxygen atoms in total. The van der Waals surface area contributed by atoms with Crippen molar-refractivity contribution in [2.75, 3.05) is 13.6 Å². The summed E-state index contributed by atoms with van der Waals surface area (Å²) < 4.78 is 0. The van der Waals surface area contributed by atoms with E-state index in [1.807, 2.05) is 39.1 Å². The average molecular weight is 248 g/mol. The minimum Gasteiger partial charge on any atom is -0.336 e. The second-order valence-corrected chi connectivity index (χ2v) is 5.71. The third-order valence-corrected chi connectivity index (χ3v) is 2.95. The van der Waals surface area contributed by atoms with Crippen molar-refractivity contribution in [1.82, 2.24) is 10.2 Å². The van der Waals surface area contributed by atoms with E-state index in [1.54, 1.807) is 4.90 Å². The monoisotopic (exact) mass is 248 g/mol. The Bertz CT molecular complexity index is 385. The van der Waals surface area contributed by atoms with Crippen molar-refractivity contribution in [1.29, 1.82) is 0 Å². The molecule has 0 radical (unpaired) electrons. The molecule has 0 saturated heterocycles. The molecule has 1 N–H and O–H groups in total. The molecule has 0 saturated carbocycles. The summed E-state index contributed by atoms with van der Waals surface area (Å²) in [5, 5.41) is 2.90. The molecular weight excluding hydrogens is 224 g/mol. The smallest absolute Gasteiger partial charge is 0.317 e. The Morgan fingerprint density at radius 2 is 1.83 bits per heavy atom. The van der Waals surface area contributed by atoms with Crippen LogP contribution >= 0.6 is 0 Å². The van der Waals surface area contributed by atoms with E-state index in [1.165, 1.54) is 5.56 Å². The summed E-state index contributed by atoms with van der Waals surface area (Å²) in [4.78, 5) is 13.6. The van der Waals surface area contributed by atoms with Gasteiger partial charge in [0.15, 0.2) is 0 Å². The van der Waals surface area contributed by atoms with E-state index in [4.69, 9.17) is 0 Å². The lowest BCUT2D eigenvalue weighted by Crippen LogP contribution is -2.45. The Hall–Kier alpha value is -1.51. The average Bonchev–Trinajstić information content (AvgIpc) is 2.28. The molecule has 1 aromatic rings. The Balaban J connectivity index is 2.68. The zero-order chi connectivity index (χ0) is 13.8. The van der Waals surface area contributed by atoms with Crippen molar-refractivity contribution in [2.45, 2.75) is 39.2 Å². The number of urea groups is 1. The van der Waals surface area contributed by atoms with Gasteiger partial charge in [0.1, 0.15) is 0 Å². The van der Waals surface area contributed by atoms with Gasteiger partial charge in [-0.3, -0.25) is 0 Å². The summed E-state index contributed by atoms with van der Waals surface area (Å²) in [5.41, 5.74) is 1.19. The number of rotatable bonds is 4. The molecule has 3 heteroatoms. The summed E-state index contributed by atoms with van der Waals surface area (Å²) in [6, 6.07) is 10.4. The molecule has 0 atom stereocenters. The molecule has 0 heterocycles. The zero-order valence-electron chi connectivity index (χ0n) is 12.0. The molecule has 0 bridgehead atoms. The van der Waals surface area contributed by atoms with E-state index in [2.05, 4.69) is 31.3 Å². The first kappa shape index (κ1) is 14.6. The van der Waals surface area contributed by atoms with Crippen molar-refractivity contribution in [2.24, 2.45) is 0 Å². The van der Waals surface area contributed by atoms with Crippen molar-refractivity contribution >= 4 is 6.03 Å². The van der Waals surface area contributed by atoms with Gasteiger partial charge >= 0.3 is 6.03 Å². The van der Waals surface area contributed by atoms with Gasteiger partial charge in [-0.2, -0.15) is 0 Å². The molecule has 1 rings (SSSR count). The van der Waals surface area contributed by atoms with Crippen LogP contribution in [-0.4, -0.2) is 30.6 Å². The molecule has 2 amide bonds. The van der Waals surface area contributed by atoms with Gasteiger partial charge in [0.2, 0.25) is 0 Å². The van der Waals surface area contributed by atoms with E-state index >= 15 is 0 Å². The highest BCUT2D eigenvalue weighted by Crippen LogP contribution is 2.23. The van der Waals surface area contributed by atoms with Gasteiger partial charge in [0.05, 0.1) is 0 Å². The van der Waals surface area contributed by atoms with Crippen molar-refractivity contribution in [3.05, 3.63) is 35.9 Å². The van der Waals surface area contributed by atoms with Gasteiger partial charge in [0.25, 0.3) is 0 Å². The first-order valence-corrected chi connectivity index (χ1v) is 6.40. The first-order chi connectivity index (χ1) is 8.33. The fraction of sp³-hybridized carbons (Fsp3) is 0.533. The lowest BCUT2D eigenvalue weighted by atomic mass is 9.84. The Morgan fingerprint density at radius 1 is 1.28 bits per heavy atom. The number of likely N-dealkylation sites (N-methyl/N-ethyl adjacent to an activating group) is 1. The minimum absolute atomic E-state index is 0.0194. The van der Waals surface area contributed by atoms with Crippen LogP contribution in [0.15, 0.2) is 30.3 Å². The van der Waals surface area contributed by atoms with Crippen LogP contribution in [0.1, 0.15) is 33.3 Å². The second kappa shape index (κ2) is 5.89. The van der Waals surface area contributed by atoms with E-state index in [0.717, 1.165) is 0 Å². The Labute approximate surface area is 110 Å². The van der Waals surface area contributed by atoms with Crippen LogP contribution in [0.25, 0.3) is 0 Å². The maximum atomic E-state index is 11.9. The van der Waals surface area contributed by atoms with Crippen LogP contribution in [0.4, 0.5) is 4.79 Å². The number of benzene rings is 1. The highest BCUT2D eigenvalue weighted by atomic mass is 16.2. The van der Waals surface area contributed by atoms with Crippen LogP contribution in [0.3, 0.4) is 0 Å². The number of carbonyl (C=O) groups excluding carboxylic acids is 1. The SMILES string of the molecule is CC(C)NC(=O)N(C)CC(C)(C)c1ccccc1. The molecule has 1 aromatic carbocycles. The lowest BCUT2D eigenvalue weighted by molar-refractivity contribution is 0.196. The molecule has 0 aliphatic heterocycles.